The molecule has 118 valence electrons. The van der Waals surface area contributed by atoms with E-state index in [0.717, 1.165) is 4.47 Å². The van der Waals surface area contributed by atoms with Crippen molar-refractivity contribution in [3.8, 4) is 5.75 Å². The van der Waals surface area contributed by atoms with Crippen molar-refractivity contribution >= 4 is 21.8 Å². The molecule has 1 rings (SSSR count). The molecule has 4 heteroatoms. The first-order valence-electron chi connectivity index (χ1n) is 7.33. The fourth-order valence-corrected chi connectivity index (χ4v) is 2.18. The molecule has 0 radical (unpaired) electrons. The van der Waals surface area contributed by atoms with Crippen LogP contribution in [0.5, 0.6) is 5.75 Å². The Morgan fingerprint density at radius 2 is 1.90 bits per heavy atom. The molecular weight excluding hydrogens is 330 g/mol. The third-order valence-corrected chi connectivity index (χ3v) is 4.17. The highest BCUT2D eigenvalue weighted by Gasteiger charge is 2.16. The first kappa shape index (κ1) is 18.0. The second-order valence-electron chi connectivity index (χ2n) is 6.78. The van der Waals surface area contributed by atoms with Crippen molar-refractivity contribution in [2.75, 3.05) is 6.61 Å². The third-order valence-electron chi connectivity index (χ3n) is 3.55. The molecule has 1 N–H and O–H groups in total. The molecule has 3 nitrogen and oxygen atoms in total. The van der Waals surface area contributed by atoms with Crippen molar-refractivity contribution in [2.24, 2.45) is 5.92 Å². The normalized spacial score (nSPS) is 13.1. The zero-order valence-corrected chi connectivity index (χ0v) is 15.4. The fraction of sp³-hybridized carbons (Fsp3) is 0.588. The van der Waals surface area contributed by atoms with Gasteiger partial charge >= 0.3 is 0 Å². The lowest BCUT2D eigenvalue weighted by molar-refractivity contribution is -0.124. The van der Waals surface area contributed by atoms with E-state index < -0.39 is 0 Å². The van der Waals surface area contributed by atoms with E-state index >= 15 is 0 Å². The predicted molar refractivity (Wildman–Crippen MR) is 90.8 cm³/mol. The molecule has 1 aromatic rings. The summed E-state index contributed by atoms with van der Waals surface area (Å²) in [5, 5.41) is 2.93. The molecule has 1 amide bonds. The van der Waals surface area contributed by atoms with Crippen molar-refractivity contribution < 1.29 is 9.53 Å². The van der Waals surface area contributed by atoms with Gasteiger partial charge in [-0.3, -0.25) is 4.79 Å². The standard InChI is InChI=1S/C17H26BrNO2/c1-11(2)12(3)19-16(20)10-21-15-8-7-13(9-14(15)18)17(4,5)6/h7-9,11-12H,10H2,1-6H3,(H,19,20). The van der Waals surface area contributed by atoms with Crippen LogP contribution < -0.4 is 10.1 Å². The number of carbonyl (C=O) groups is 1. The Labute approximate surface area is 136 Å². The SMILES string of the molecule is CC(C)C(C)NC(=O)COc1ccc(C(C)(C)C)cc1Br. The molecule has 0 heterocycles. The monoisotopic (exact) mass is 355 g/mol. The van der Waals surface area contributed by atoms with Crippen molar-refractivity contribution in [1.82, 2.24) is 5.32 Å². The van der Waals surface area contributed by atoms with Crippen molar-refractivity contribution in [3.05, 3.63) is 28.2 Å². The Balaban J connectivity index is 2.62. The van der Waals surface area contributed by atoms with Crippen molar-refractivity contribution in [1.29, 1.82) is 0 Å². The predicted octanol–water partition coefficient (Wildman–Crippen LogP) is 4.29. The van der Waals surface area contributed by atoms with Gasteiger partial charge in [0, 0.05) is 6.04 Å². The maximum atomic E-state index is 11.8. The van der Waals surface area contributed by atoms with Crippen LogP contribution in [0.1, 0.15) is 47.1 Å². The number of ether oxygens (including phenoxy) is 1. The van der Waals surface area contributed by atoms with E-state index in [1.54, 1.807) is 0 Å². The number of carbonyl (C=O) groups excluding carboxylic acids is 1. The number of hydrogen-bond acceptors (Lipinski definition) is 2. The lowest BCUT2D eigenvalue weighted by Gasteiger charge is -2.20. The van der Waals surface area contributed by atoms with Crippen LogP contribution in [0.25, 0.3) is 0 Å². The minimum atomic E-state index is -0.0944. The Bertz CT molecular complexity index is 492. The average molecular weight is 356 g/mol. The largest absolute Gasteiger partial charge is 0.483 e. The number of benzene rings is 1. The second kappa shape index (κ2) is 7.30. The molecule has 0 aromatic heterocycles. The van der Waals surface area contributed by atoms with Crippen LogP contribution in [0.3, 0.4) is 0 Å². The van der Waals surface area contributed by atoms with E-state index in [-0.39, 0.29) is 24.0 Å². The molecule has 0 spiro atoms. The number of hydrogen-bond donors (Lipinski definition) is 1. The summed E-state index contributed by atoms with van der Waals surface area (Å²) in [5.41, 5.74) is 1.31. The molecule has 0 aliphatic carbocycles. The summed E-state index contributed by atoms with van der Waals surface area (Å²) in [6.45, 7) is 12.7. The molecule has 0 bridgehead atoms. The molecule has 0 aliphatic heterocycles. The molecule has 1 atom stereocenters. The van der Waals surface area contributed by atoms with Crippen molar-refractivity contribution in [2.45, 2.75) is 53.0 Å². The van der Waals surface area contributed by atoms with Gasteiger partial charge in [-0.1, -0.05) is 40.7 Å². The summed E-state index contributed by atoms with van der Waals surface area (Å²) >= 11 is 3.51. The van der Waals surface area contributed by atoms with E-state index in [2.05, 4.69) is 55.9 Å². The number of halogens is 1. The minimum absolute atomic E-state index is 0.0323. The van der Waals surface area contributed by atoms with Gasteiger partial charge in [0.25, 0.3) is 5.91 Å². The molecule has 21 heavy (non-hydrogen) atoms. The average Bonchev–Trinajstić information content (AvgIpc) is 2.35. The number of amides is 1. The summed E-state index contributed by atoms with van der Waals surface area (Å²) in [4.78, 5) is 11.8. The van der Waals surface area contributed by atoms with Gasteiger partial charge in [-0.15, -0.1) is 0 Å². The van der Waals surface area contributed by atoms with Gasteiger partial charge in [-0.05, 0) is 51.9 Å². The third kappa shape index (κ3) is 5.70. The first-order valence-corrected chi connectivity index (χ1v) is 8.12. The van der Waals surface area contributed by atoms with Gasteiger partial charge in [0.15, 0.2) is 6.61 Å². The Morgan fingerprint density at radius 3 is 2.38 bits per heavy atom. The molecule has 0 aliphatic rings. The lowest BCUT2D eigenvalue weighted by atomic mass is 9.87. The summed E-state index contributed by atoms with van der Waals surface area (Å²) in [7, 11) is 0. The van der Waals surface area contributed by atoms with E-state index in [4.69, 9.17) is 4.74 Å². The van der Waals surface area contributed by atoms with Crippen LogP contribution >= 0.6 is 15.9 Å². The highest BCUT2D eigenvalue weighted by Crippen LogP contribution is 2.31. The van der Waals surface area contributed by atoms with Gasteiger partial charge in [0.05, 0.1) is 4.47 Å². The van der Waals surface area contributed by atoms with Gasteiger partial charge in [-0.2, -0.15) is 0 Å². The Morgan fingerprint density at radius 1 is 1.29 bits per heavy atom. The van der Waals surface area contributed by atoms with Crippen LogP contribution in [-0.4, -0.2) is 18.6 Å². The lowest BCUT2D eigenvalue weighted by Crippen LogP contribution is -2.38. The zero-order valence-electron chi connectivity index (χ0n) is 13.8. The van der Waals surface area contributed by atoms with Crippen LogP contribution in [0.4, 0.5) is 0 Å². The molecular formula is C17H26BrNO2. The molecule has 0 fully saturated rings. The maximum Gasteiger partial charge on any atom is 0.258 e. The topological polar surface area (TPSA) is 38.3 Å². The first-order chi connectivity index (χ1) is 9.61. The van der Waals surface area contributed by atoms with E-state index in [9.17, 15) is 4.79 Å². The fourth-order valence-electron chi connectivity index (χ4n) is 1.69. The minimum Gasteiger partial charge on any atom is -0.483 e. The van der Waals surface area contributed by atoms with Crippen LogP contribution in [0.15, 0.2) is 22.7 Å². The van der Waals surface area contributed by atoms with Gasteiger partial charge in [0.1, 0.15) is 5.75 Å². The Hall–Kier alpha value is -1.03. The summed E-state index contributed by atoms with van der Waals surface area (Å²) < 4.78 is 6.46. The van der Waals surface area contributed by atoms with E-state index in [0.29, 0.717) is 11.7 Å². The highest BCUT2D eigenvalue weighted by atomic mass is 79.9. The quantitative estimate of drug-likeness (QED) is 0.855. The zero-order chi connectivity index (χ0) is 16.2. The van der Waals surface area contributed by atoms with Crippen LogP contribution in [-0.2, 0) is 10.2 Å². The Kier molecular flexibility index (Phi) is 6.26. The second-order valence-corrected chi connectivity index (χ2v) is 7.64. The number of nitrogens with one attached hydrogen (secondary N) is 1. The van der Waals surface area contributed by atoms with E-state index in [1.165, 1.54) is 5.56 Å². The summed E-state index contributed by atoms with van der Waals surface area (Å²) in [6, 6.07) is 6.13. The summed E-state index contributed by atoms with van der Waals surface area (Å²) in [5.74, 6) is 1.00. The maximum absolute atomic E-state index is 11.8. The van der Waals surface area contributed by atoms with Crippen LogP contribution in [0, 0.1) is 5.92 Å². The van der Waals surface area contributed by atoms with E-state index in [1.807, 2.05) is 25.1 Å². The van der Waals surface area contributed by atoms with Gasteiger partial charge in [0.2, 0.25) is 0 Å². The molecule has 0 saturated heterocycles. The highest BCUT2D eigenvalue weighted by molar-refractivity contribution is 9.10. The summed E-state index contributed by atoms with van der Waals surface area (Å²) in [6.07, 6.45) is 0. The van der Waals surface area contributed by atoms with Crippen molar-refractivity contribution in [3.63, 3.8) is 0 Å². The van der Waals surface area contributed by atoms with Gasteiger partial charge < -0.3 is 10.1 Å². The molecule has 1 aromatic carbocycles. The van der Waals surface area contributed by atoms with Crippen LogP contribution in [0.2, 0.25) is 0 Å². The molecule has 1 unspecified atom stereocenters. The number of rotatable bonds is 5. The van der Waals surface area contributed by atoms with Gasteiger partial charge in [-0.25, -0.2) is 0 Å². The molecule has 0 saturated carbocycles. The smallest absolute Gasteiger partial charge is 0.258 e.